The van der Waals surface area contributed by atoms with Crippen LogP contribution < -0.4 is 10.1 Å². The van der Waals surface area contributed by atoms with Gasteiger partial charge in [-0.05, 0) is 112 Å². The fourth-order valence-corrected chi connectivity index (χ4v) is 6.83. The summed E-state index contributed by atoms with van der Waals surface area (Å²) in [4.78, 5) is 25.8. The van der Waals surface area contributed by atoms with Crippen molar-refractivity contribution in [3.05, 3.63) is 29.3 Å². The summed E-state index contributed by atoms with van der Waals surface area (Å²) in [5, 5.41) is 13.3. The van der Waals surface area contributed by atoms with Crippen molar-refractivity contribution in [2.75, 3.05) is 20.8 Å². The number of aryl methyl sites for hydroxylation is 1. The molecule has 0 aromatic heterocycles. The van der Waals surface area contributed by atoms with Gasteiger partial charge in [0.05, 0.1) is 25.2 Å². The Labute approximate surface area is 281 Å². The molecule has 8 nitrogen and oxygen atoms in total. The van der Waals surface area contributed by atoms with Crippen molar-refractivity contribution in [1.82, 2.24) is 5.32 Å². The number of carbonyl (C=O) groups is 2. The van der Waals surface area contributed by atoms with Crippen molar-refractivity contribution in [3.8, 4) is 5.75 Å². The maximum atomic E-state index is 13.3. The van der Waals surface area contributed by atoms with E-state index < -0.39 is 44.0 Å². The number of amides is 1. The number of carbonyl (C=O) groups excluding carboxylic acids is 1. The Kier molecular flexibility index (Phi) is 16.8. The Morgan fingerprint density at radius 1 is 0.935 bits per heavy atom. The van der Waals surface area contributed by atoms with Crippen LogP contribution >= 0.6 is 0 Å². The van der Waals surface area contributed by atoms with Crippen molar-refractivity contribution in [2.45, 2.75) is 144 Å². The van der Waals surface area contributed by atoms with Crippen LogP contribution in [0.15, 0.2) is 18.2 Å². The molecule has 4 atom stereocenters. The van der Waals surface area contributed by atoms with E-state index in [0.29, 0.717) is 18.8 Å². The molecular formula is C37H67NO7Si. The van der Waals surface area contributed by atoms with E-state index in [1.165, 1.54) is 11.1 Å². The van der Waals surface area contributed by atoms with Crippen molar-refractivity contribution < 1.29 is 33.3 Å². The van der Waals surface area contributed by atoms with Crippen LogP contribution in [-0.4, -0.2) is 64.1 Å². The number of alkyl carbamates (subject to hydrolysis) is 1. The fourth-order valence-electron chi connectivity index (χ4n) is 5.46. The second-order valence-corrected chi connectivity index (χ2v) is 20.9. The maximum absolute atomic E-state index is 13.3. The monoisotopic (exact) mass is 665 g/mol. The molecule has 1 rings (SSSR count). The predicted molar refractivity (Wildman–Crippen MR) is 190 cm³/mol. The molecule has 1 aromatic rings. The summed E-state index contributed by atoms with van der Waals surface area (Å²) < 4.78 is 23.7. The highest BCUT2D eigenvalue weighted by Crippen LogP contribution is 2.40. The SMILES string of the molecule is COCCCCc1cc(C[C@@H](C[C@H](NC(=O)OC(C)(C)C)[C@H](C[C@H](C(=O)O)C(C)C)O[Si](C)(C)C(C)(C)C)C(C)C)ccc1OC. The molecule has 1 aromatic carbocycles. The zero-order valence-electron chi connectivity index (χ0n) is 31.5. The van der Waals surface area contributed by atoms with E-state index in [9.17, 15) is 14.7 Å². The molecule has 0 heterocycles. The second-order valence-electron chi connectivity index (χ2n) is 16.1. The number of methoxy groups -OCH3 is 2. The maximum Gasteiger partial charge on any atom is 0.407 e. The van der Waals surface area contributed by atoms with Crippen molar-refractivity contribution in [1.29, 1.82) is 0 Å². The highest BCUT2D eigenvalue weighted by atomic mass is 28.4. The Balaban J connectivity index is 3.59. The molecule has 0 aliphatic heterocycles. The molecule has 0 fully saturated rings. The quantitative estimate of drug-likeness (QED) is 0.112. The molecule has 0 saturated heterocycles. The highest BCUT2D eigenvalue weighted by molar-refractivity contribution is 6.74. The van der Waals surface area contributed by atoms with E-state index in [-0.39, 0.29) is 16.9 Å². The van der Waals surface area contributed by atoms with Gasteiger partial charge in [0.1, 0.15) is 11.4 Å². The average molecular weight is 666 g/mol. The molecule has 0 spiro atoms. The van der Waals surface area contributed by atoms with Crippen molar-refractivity contribution >= 4 is 20.4 Å². The minimum atomic E-state index is -2.36. The van der Waals surface area contributed by atoms with E-state index in [1.807, 2.05) is 34.6 Å². The minimum absolute atomic E-state index is 0.0901. The van der Waals surface area contributed by atoms with Gasteiger partial charge in [0.15, 0.2) is 8.32 Å². The van der Waals surface area contributed by atoms with Crippen LogP contribution in [0.5, 0.6) is 5.75 Å². The third-order valence-electron chi connectivity index (χ3n) is 9.40. The molecule has 1 amide bonds. The van der Waals surface area contributed by atoms with Crippen LogP contribution in [0.2, 0.25) is 18.1 Å². The summed E-state index contributed by atoms with van der Waals surface area (Å²) in [5.74, 6) is -0.175. The van der Waals surface area contributed by atoms with E-state index in [2.05, 4.69) is 71.2 Å². The predicted octanol–water partition coefficient (Wildman–Crippen LogP) is 8.90. The number of benzene rings is 1. The largest absolute Gasteiger partial charge is 0.496 e. The molecule has 0 bridgehead atoms. The molecule has 9 heteroatoms. The molecule has 266 valence electrons. The Morgan fingerprint density at radius 2 is 1.57 bits per heavy atom. The first-order valence-electron chi connectivity index (χ1n) is 17.2. The smallest absolute Gasteiger partial charge is 0.407 e. The summed E-state index contributed by atoms with van der Waals surface area (Å²) >= 11 is 0. The lowest BCUT2D eigenvalue weighted by Gasteiger charge is -2.43. The van der Waals surface area contributed by atoms with Gasteiger partial charge in [0, 0.05) is 13.7 Å². The van der Waals surface area contributed by atoms with E-state index in [1.54, 1.807) is 14.2 Å². The Bertz CT molecular complexity index is 1070. The summed E-state index contributed by atoms with van der Waals surface area (Å²) in [6, 6.07) is 5.99. The molecule has 46 heavy (non-hydrogen) atoms. The number of rotatable bonds is 19. The number of carboxylic acids is 1. The molecular weight excluding hydrogens is 598 g/mol. The number of hydrogen-bond acceptors (Lipinski definition) is 6. The zero-order valence-corrected chi connectivity index (χ0v) is 32.5. The molecule has 0 aliphatic rings. The minimum Gasteiger partial charge on any atom is -0.496 e. The van der Waals surface area contributed by atoms with Gasteiger partial charge < -0.3 is 29.1 Å². The third kappa shape index (κ3) is 14.3. The normalized spacial score (nSPS) is 15.4. The van der Waals surface area contributed by atoms with Crippen LogP contribution in [0.25, 0.3) is 0 Å². The molecule has 2 N–H and O–H groups in total. The van der Waals surface area contributed by atoms with Crippen molar-refractivity contribution in [3.63, 3.8) is 0 Å². The van der Waals surface area contributed by atoms with E-state index >= 15 is 0 Å². The van der Waals surface area contributed by atoms with Gasteiger partial charge in [-0.1, -0.05) is 60.6 Å². The first kappa shape index (κ1) is 41.9. The summed E-state index contributed by atoms with van der Waals surface area (Å²) in [7, 11) is 1.07. The first-order valence-corrected chi connectivity index (χ1v) is 20.1. The van der Waals surface area contributed by atoms with Gasteiger partial charge in [0.2, 0.25) is 0 Å². The van der Waals surface area contributed by atoms with Crippen LogP contribution in [-0.2, 0) is 31.5 Å². The summed E-state index contributed by atoms with van der Waals surface area (Å²) in [6.45, 7) is 25.5. The lowest BCUT2D eigenvalue weighted by molar-refractivity contribution is -0.144. The van der Waals surface area contributed by atoms with Crippen molar-refractivity contribution in [2.24, 2.45) is 23.7 Å². The number of ether oxygens (including phenoxy) is 3. The number of hydrogen-bond donors (Lipinski definition) is 2. The molecule has 0 unspecified atom stereocenters. The standard InChI is InChI=1S/C37H67NO7Si/c1-25(2)29(22-27-18-19-32(43-12)28(21-27)17-15-16-20-42-11)23-31(38-35(41)44-36(5,6)7)33(24-30(26(3)4)34(39)40)45-46(13,14)37(8,9)10/h18-19,21,25-26,29-31,33H,15-17,20,22-24H2,1-14H3,(H,38,41)(H,39,40)/t29-,30-,31-,33-/m0/s1. The number of carboxylic acid groups (broad SMARTS) is 1. The zero-order chi connectivity index (χ0) is 35.5. The number of unbranched alkanes of at least 4 members (excludes halogenated alkanes) is 1. The van der Waals surface area contributed by atoms with Crippen LogP contribution in [0, 0.1) is 23.7 Å². The van der Waals surface area contributed by atoms with E-state index in [4.69, 9.17) is 18.6 Å². The van der Waals surface area contributed by atoms with Gasteiger partial charge in [-0.25, -0.2) is 4.79 Å². The first-order chi connectivity index (χ1) is 21.1. The Hall–Kier alpha value is -2.10. The lowest BCUT2D eigenvalue weighted by atomic mass is 9.80. The average Bonchev–Trinajstić information content (AvgIpc) is 2.90. The van der Waals surface area contributed by atoms with Gasteiger partial charge in [0.25, 0.3) is 0 Å². The van der Waals surface area contributed by atoms with Gasteiger partial charge in [-0.15, -0.1) is 0 Å². The topological polar surface area (TPSA) is 103 Å². The Morgan fingerprint density at radius 3 is 2.04 bits per heavy atom. The second kappa shape index (κ2) is 18.4. The molecule has 0 aliphatic carbocycles. The number of aliphatic carboxylic acids is 1. The van der Waals surface area contributed by atoms with Gasteiger partial charge in [-0.3, -0.25) is 4.79 Å². The van der Waals surface area contributed by atoms with Gasteiger partial charge >= 0.3 is 12.1 Å². The van der Waals surface area contributed by atoms with Crippen LogP contribution in [0.3, 0.4) is 0 Å². The van der Waals surface area contributed by atoms with Crippen LogP contribution in [0.1, 0.15) is 106 Å². The third-order valence-corrected chi connectivity index (χ3v) is 13.9. The van der Waals surface area contributed by atoms with Crippen LogP contribution in [0.4, 0.5) is 4.79 Å². The fraction of sp³-hybridized carbons (Fsp3) is 0.784. The highest BCUT2D eigenvalue weighted by Gasteiger charge is 2.43. The summed E-state index contributed by atoms with van der Waals surface area (Å²) in [5.41, 5.74) is 1.72. The molecule has 0 radical (unpaired) electrons. The lowest BCUT2D eigenvalue weighted by Crippen LogP contribution is -2.54. The molecule has 0 saturated carbocycles. The van der Waals surface area contributed by atoms with Gasteiger partial charge in [-0.2, -0.15) is 0 Å². The number of nitrogens with one attached hydrogen (secondary N) is 1. The summed E-state index contributed by atoms with van der Waals surface area (Å²) in [6.07, 6.45) is 3.63. The van der Waals surface area contributed by atoms with E-state index in [0.717, 1.165) is 38.0 Å².